The molecule has 112 valence electrons. The minimum atomic E-state index is -0.424. The number of carbonyl (C=O) groups is 1. The second-order valence-corrected chi connectivity index (χ2v) is 7.99. The molecule has 0 spiro atoms. The summed E-state index contributed by atoms with van der Waals surface area (Å²) in [6.07, 6.45) is 5.53. The van der Waals surface area contributed by atoms with Crippen LogP contribution in [0.15, 0.2) is 0 Å². The van der Waals surface area contributed by atoms with Crippen LogP contribution in [-0.2, 0) is 9.53 Å². The van der Waals surface area contributed by atoms with Crippen molar-refractivity contribution < 1.29 is 9.53 Å². The number of esters is 1. The third-order valence-electron chi connectivity index (χ3n) is 3.63. The van der Waals surface area contributed by atoms with Gasteiger partial charge in [0.15, 0.2) is 0 Å². The van der Waals surface area contributed by atoms with E-state index in [4.69, 9.17) is 4.74 Å². The molecule has 3 heteroatoms. The van der Waals surface area contributed by atoms with E-state index in [1.165, 1.54) is 6.42 Å². The Labute approximate surface area is 118 Å². The Kier molecular flexibility index (Phi) is 5.05. The molecule has 1 aliphatic rings. The highest BCUT2D eigenvalue weighted by molar-refractivity contribution is 5.75. The normalized spacial score (nSPS) is 20.1. The molecule has 0 saturated heterocycles. The van der Waals surface area contributed by atoms with E-state index >= 15 is 0 Å². The molecule has 3 nitrogen and oxygen atoms in total. The lowest BCUT2D eigenvalue weighted by Crippen LogP contribution is -2.52. The summed E-state index contributed by atoms with van der Waals surface area (Å²) in [6.45, 7) is 13.0. The van der Waals surface area contributed by atoms with E-state index in [0.29, 0.717) is 0 Å². The largest absolute Gasteiger partial charge is 0.457 e. The van der Waals surface area contributed by atoms with Gasteiger partial charge in [-0.2, -0.15) is 0 Å². The number of nitrogens with one attached hydrogen (secondary N) is 1. The minimum Gasteiger partial charge on any atom is -0.457 e. The van der Waals surface area contributed by atoms with Crippen molar-refractivity contribution in [2.45, 2.75) is 84.8 Å². The molecule has 19 heavy (non-hydrogen) atoms. The topological polar surface area (TPSA) is 38.3 Å². The van der Waals surface area contributed by atoms with Crippen molar-refractivity contribution in [3.63, 3.8) is 0 Å². The molecule has 0 radical (unpaired) electrons. The Morgan fingerprint density at radius 1 is 1.05 bits per heavy atom. The van der Waals surface area contributed by atoms with Crippen LogP contribution in [0.5, 0.6) is 0 Å². The molecule has 0 unspecified atom stereocenters. The van der Waals surface area contributed by atoms with Crippen LogP contribution in [0, 0.1) is 5.41 Å². The van der Waals surface area contributed by atoms with Gasteiger partial charge in [-0.25, -0.2) is 0 Å². The number of rotatable bonds is 3. The van der Waals surface area contributed by atoms with E-state index in [1.807, 2.05) is 20.8 Å². The maximum absolute atomic E-state index is 12.2. The van der Waals surface area contributed by atoms with E-state index in [-0.39, 0.29) is 17.1 Å². The molecule has 1 N–H and O–H groups in total. The highest BCUT2D eigenvalue weighted by Crippen LogP contribution is 2.33. The van der Waals surface area contributed by atoms with Gasteiger partial charge in [0, 0.05) is 12.1 Å². The number of hydrogen-bond acceptors (Lipinski definition) is 3. The molecule has 0 aromatic carbocycles. The van der Waals surface area contributed by atoms with Gasteiger partial charge < -0.3 is 10.1 Å². The molecule has 1 aliphatic carbocycles. The van der Waals surface area contributed by atoms with Gasteiger partial charge in [-0.15, -0.1) is 0 Å². The van der Waals surface area contributed by atoms with Crippen LogP contribution in [0.2, 0.25) is 0 Å². The SMILES string of the molecule is CC(C)(C)NCC1(OC(=O)C(C)(C)C)CCCCC1. The monoisotopic (exact) mass is 269 g/mol. The summed E-state index contributed by atoms with van der Waals surface area (Å²) >= 11 is 0. The second kappa shape index (κ2) is 5.82. The number of ether oxygens (including phenoxy) is 1. The van der Waals surface area contributed by atoms with Gasteiger partial charge in [0.05, 0.1) is 5.41 Å². The summed E-state index contributed by atoms with van der Waals surface area (Å²) in [4.78, 5) is 12.2. The van der Waals surface area contributed by atoms with Gasteiger partial charge in [-0.3, -0.25) is 4.79 Å². The van der Waals surface area contributed by atoms with Gasteiger partial charge in [-0.05, 0) is 67.2 Å². The maximum atomic E-state index is 12.2. The van der Waals surface area contributed by atoms with Crippen molar-refractivity contribution in [1.82, 2.24) is 5.32 Å². The van der Waals surface area contributed by atoms with E-state index in [0.717, 1.165) is 32.2 Å². The minimum absolute atomic E-state index is 0.0542. The first kappa shape index (κ1) is 16.5. The van der Waals surface area contributed by atoms with Gasteiger partial charge in [0.25, 0.3) is 0 Å². The highest BCUT2D eigenvalue weighted by Gasteiger charge is 2.39. The molecule has 1 saturated carbocycles. The van der Waals surface area contributed by atoms with E-state index in [2.05, 4.69) is 26.1 Å². The molecule has 0 bridgehead atoms. The highest BCUT2D eigenvalue weighted by atomic mass is 16.6. The molecule has 1 rings (SSSR count). The summed E-state index contributed by atoms with van der Waals surface area (Å²) in [7, 11) is 0. The van der Waals surface area contributed by atoms with Crippen LogP contribution in [0.3, 0.4) is 0 Å². The molecule has 0 aromatic rings. The Balaban J connectivity index is 2.73. The summed E-state index contributed by atoms with van der Waals surface area (Å²) in [5.74, 6) is -0.0786. The van der Waals surface area contributed by atoms with Crippen LogP contribution < -0.4 is 5.32 Å². The van der Waals surface area contributed by atoms with Crippen molar-refractivity contribution in [2.24, 2.45) is 5.41 Å². The van der Waals surface area contributed by atoms with Crippen molar-refractivity contribution >= 4 is 5.97 Å². The molecular weight excluding hydrogens is 238 g/mol. The van der Waals surface area contributed by atoms with Crippen molar-refractivity contribution in [3.8, 4) is 0 Å². The standard InChI is InChI=1S/C16H31NO2/c1-14(2,3)13(18)19-16(10-8-7-9-11-16)12-17-15(4,5)6/h17H,7-12H2,1-6H3. The smallest absolute Gasteiger partial charge is 0.311 e. The average Bonchev–Trinajstić information content (AvgIpc) is 2.26. The Morgan fingerprint density at radius 3 is 2.00 bits per heavy atom. The first-order valence-corrected chi connectivity index (χ1v) is 7.53. The fourth-order valence-electron chi connectivity index (χ4n) is 2.29. The molecule has 0 aliphatic heterocycles. The zero-order valence-electron chi connectivity index (χ0n) is 13.6. The van der Waals surface area contributed by atoms with Crippen LogP contribution in [0.1, 0.15) is 73.6 Å². The van der Waals surface area contributed by atoms with Gasteiger partial charge in [0.2, 0.25) is 0 Å². The first-order chi connectivity index (χ1) is 8.54. The molecule has 1 fully saturated rings. The first-order valence-electron chi connectivity index (χ1n) is 7.53. The lowest BCUT2D eigenvalue weighted by Gasteiger charge is -2.40. The predicted molar refractivity (Wildman–Crippen MR) is 79.1 cm³/mol. The van der Waals surface area contributed by atoms with Crippen LogP contribution in [-0.4, -0.2) is 23.7 Å². The van der Waals surface area contributed by atoms with Crippen LogP contribution >= 0.6 is 0 Å². The van der Waals surface area contributed by atoms with Crippen molar-refractivity contribution in [1.29, 1.82) is 0 Å². The Morgan fingerprint density at radius 2 is 1.58 bits per heavy atom. The average molecular weight is 269 g/mol. The van der Waals surface area contributed by atoms with Crippen molar-refractivity contribution in [3.05, 3.63) is 0 Å². The molecule has 0 aromatic heterocycles. The third-order valence-corrected chi connectivity index (χ3v) is 3.63. The predicted octanol–water partition coefficient (Wildman–Crippen LogP) is 3.67. The molecular formula is C16H31NO2. The number of carbonyl (C=O) groups excluding carboxylic acids is 1. The lowest BCUT2D eigenvalue weighted by atomic mass is 9.83. The molecule has 0 heterocycles. The van der Waals surface area contributed by atoms with Gasteiger partial charge >= 0.3 is 5.97 Å². The summed E-state index contributed by atoms with van der Waals surface area (Å²) in [5.41, 5.74) is -0.666. The van der Waals surface area contributed by atoms with Gasteiger partial charge in [0.1, 0.15) is 5.60 Å². The lowest BCUT2D eigenvalue weighted by molar-refractivity contribution is -0.173. The summed E-state index contributed by atoms with van der Waals surface area (Å²) in [6, 6.07) is 0. The zero-order valence-corrected chi connectivity index (χ0v) is 13.6. The quantitative estimate of drug-likeness (QED) is 0.795. The van der Waals surface area contributed by atoms with Crippen LogP contribution in [0.25, 0.3) is 0 Å². The second-order valence-electron chi connectivity index (χ2n) is 7.99. The molecule has 0 atom stereocenters. The summed E-state index contributed by atoms with van der Waals surface area (Å²) in [5, 5.41) is 3.51. The fraction of sp³-hybridized carbons (Fsp3) is 0.938. The zero-order chi connectivity index (χ0) is 14.7. The Hall–Kier alpha value is -0.570. The van der Waals surface area contributed by atoms with Gasteiger partial charge in [-0.1, -0.05) is 6.42 Å². The Bertz CT molecular complexity index is 304. The maximum Gasteiger partial charge on any atom is 0.311 e. The van der Waals surface area contributed by atoms with E-state index in [1.54, 1.807) is 0 Å². The number of hydrogen-bond donors (Lipinski definition) is 1. The van der Waals surface area contributed by atoms with E-state index in [9.17, 15) is 4.79 Å². The van der Waals surface area contributed by atoms with E-state index < -0.39 is 5.41 Å². The fourth-order valence-corrected chi connectivity index (χ4v) is 2.29. The third kappa shape index (κ3) is 5.52. The van der Waals surface area contributed by atoms with Crippen molar-refractivity contribution in [2.75, 3.05) is 6.54 Å². The summed E-state index contributed by atoms with van der Waals surface area (Å²) < 4.78 is 5.94. The van der Waals surface area contributed by atoms with Crippen LogP contribution in [0.4, 0.5) is 0 Å². The molecule has 0 amide bonds.